The van der Waals surface area contributed by atoms with E-state index in [1.165, 1.54) is 17.0 Å². The van der Waals surface area contributed by atoms with Crippen molar-refractivity contribution in [3.05, 3.63) is 81.2 Å². The lowest BCUT2D eigenvalue weighted by atomic mass is 10.2. The number of hydrogen-bond acceptors (Lipinski definition) is 3. The number of fused-ring (bicyclic) bond motifs is 1. The van der Waals surface area contributed by atoms with Crippen LogP contribution in [0.1, 0.15) is 20.9 Å². The molecule has 0 aliphatic carbocycles. The summed E-state index contributed by atoms with van der Waals surface area (Å²) < 4.78 is 16.5. The Morgan fingerprint density at radius 1 is 1.08 bits per heavy atom. The van der Waals surface area contributed by atoms with Gasteiger partial charge in [0.25, 0.3) is 5.91 Å². The highest BCUT2D eigenvalue weighted by Crippen LogP contribution is 2.26. The van der Waals surface area contributed by atoms with E-state index in [0.717, 1.165) is 22.2 Å². The second kappa shape index (κ2) is 7.43. The maximum Gasteiger partial charge on any atom is 0.267 e. The molecule has 0 bridgehead atoms. The molecule has 0 saturated carbocycles. The fourth-order valence-corrected chi connectivity index (χ4v) is 4.53. The van der Waals surface area contributed by atoms with Crippen LogP contribution >= 0.6 is 22.7 Å². The second-order valence-electron chi connectivity index (χ2n) is 6.00. The van der Waals surface area contributed by atoms with Crippen LogP contribution in [0.25, 0.3) is 10.2 Å². The Kier molecular flexibility index (Phi) is 4.86. The van der Waals surface area contributed by atoms with Gasteiger partial charge in [-0.1, -0.05) is 18.2 Å². The van der Waals surface area contributed by atoms with Gasteiger partial charge in [0.05, 0.1) is 10.2 Å². The van der Waals surface area contributed by atoms with E-state index in [1.54, 1.807) is 28.7 Å². The first-order valence-corrected chi connectivity index (χ1v) is 10.1. The Bertz CT molecular complexity index is 1030. The summed E-state index contributed by atoms with van der Waals surface area (Å²) in [4.78, 5) is 14.0. The second-order valence-corrected chi connectivity index (χ2v) is 7.98. The number of nitrogens with one attached hydrogen (secondary N) is 1. The first-order valence-electron chi connectivity index (χ1n) is 8.32. The van der Waals surface area contributed by atoms with Gasteiger partial charge in [0.15, 0.2) is 0 Å². The summed E-state index contributed by atoms with van der Waals surface area (Å²) in [7, 11) is 0. The Balaban J connectivity index is 1.56. The normalized spacial score (nSPS) is 11.1. The van der Waals surface area contributed by atoms with Crippen LogP contribution in [0.5, 0.6) is 0 Å². The Morgan fingerprint density at radius 3 is 2.81 bits per heavy atom. The highest BCUT2D eigenvalue weighted by Gasteiger charge is 2.16. The van der Waals surface area contributed by atoms with Crippen LogP contribution in [0.4, 0.5) is 4.39 Å². The average molecular weight is 385 g/mol. The van der Waals surface area contributed by atoms with Gasteiger partial charge in [0.2, 0.25) is 0 Å². The largest absolute Gasteiger partial charge is 0.350 e. The maximum atomic E-state index is 13.5. The van der Waals surface area contributed by atoms with Crippen LogP contribution in [0.3, 0.4) is 0 Å². The SMILES string of the molecule is O=C(NCCc1cccs1)c1cc2sccc2n1Cc1cccc(F)c1. The smallest absolute Gasteiger partial charge is 0.267 e. The summed E-state index contributed by atoms with van der Waals surface area (Å²) in [5, 5.41) is 7.05. The molecule has 3 nitrogen and oxygen atoms in total. The minimum Gasteiger partial charge on any atom is -0.350 e. The van der Waals surface area contributed by atoms with E-state index in [1.807, 2.05) is 39.6 Å². The van der Waals surface area contributed by atoms with Gasteiger partial charge in [-0.3, -0.25) is 4.79 Å². The van der Waals surface area contributed by atoms with Crippen LogP contribution < -0.4 is 5.32 Å². The first-order chi connectivity index (χ1) is 12.7. The Labute approximate surface area is 158 Å². The number of hydrogen-bond donors (Lipinski definition) is 1. The summed E-state index contributed by atoms with van der Waals surface area (Å²) in [5.41, 5.74) is 2.45. The molecule has 0 aliphatic rings. The van der Waals surface area contributed by atoms with Gasteiger partial charge in [0.1, 0.15) is 11.5 Å². The third-order valence-corrected chi connectivity index (χ3v) is 6.01. The van der Waals surface area contributed by atoms with Gasteiger partial charge in [-0.25, -0.2) is 4.39 Å². The molecule has 132 valence electrons. The van der Waals surface area contributed by atoms with E-state index in [-0.39, 0.29) is 11.7 Å². The molecule has 0 atom stereocenters. The first kappa shape index (κ1) is 17.0. The number of aromatic nitrogens is 1. The minimum atomic E-state index is -0.266. The summed E-state index contributed by atoms with van der Waals surface area (Å²) >= 11 is 3.29. The molecule has 0 aliphatic heterocycles. The molecule has 1 aromatic carbocycles. The Morgan fingerprint density at radius 2 is 2.00 bits per heavy atom. The maximum absolute atomic E-state index is 13.5. The number of benzene rings is 1. The standard InChI is InChI=1S/C20H17FN2OS2/c21-15-4-1-3-14(11-15)13-23-17-7-10-26-19(17)12-18(23)20(24)22-8-6-16-5-2-9-25-16/h1-5,7,9-12H,6,8,13H2,(H,22,24). The van der Waals surface area contributed by atoms with Gasteiger partial charge < -0.3 is 9.88 Å². The van der Waals surface area contributed by atoms with E-state index in [4.69, 9.17) is 0 Å². The predicted octanol–water partition coefficient (Wildman–Crippen LogP) is 4.92. The summed E-state index contributed by atoms with van der Waals surface area (Å²) in [6.45, 7) is 1.06. The quantitative estimate of drug-likeness (QED) is 0.503. The third-order valence-electron chi connectivity index (χ3n) is 4.22. The molecular formula is C20H17FN2OS2. The summed E-state index contributed by atoms with van der Waals surface area (Å²) in [6.07, 6.45) is 0.822. The van der Waals surface area contributed by atoms with Crippen molar-refractivity contribution in [2.24, 2.45) is 0 Å². The van der Waals surface area contributed by atoms with Crippen LogP contribution in [0, 0.1) is 5.82 Å². The van der Waals surface area contributed by atoms with E-state index >= 15 is 0 Å². The van der Waals surface area contributed by atoms with Gasteiger partial charge in [0, 0.05) is 18.0 Å². The fraction of sp³-hybridized carbons (Fsp3) is 0.150. The number of halogens is 1. The molecule has 4 aromatic rings. The molecule has 0 radical (unpaired) electrons. The average Bonchev–Trinajstić information content (AvgIpc) is 3.34. The fourth-order valence-electron chi connectivity index (χ4n) is 3.00. The zero-order valence-electron chi connectivity index (χ0n) is 13.9. The topological polar surface area (TPSA) is 34.0 Å². The molecule has 0 unspecified atom stereocenters. The lowest BCUT2D eigenvalue weighted by Crippen LogP contribution is -2.27. The molecule has 1 amide bonds. The van der Waals surface area contributed by atoms with Crippen molar-refractivity contribution in [3.63, 3.8) is 0 Å². The summed E-state index contributed by atoms with van der Waals surface area (Å²) in [6, 6.07) is 14.5. The number of carbonyl (C=O) groups excluding carboxylic acids is 1. The Hall–Kier alpha value is -2.44. The van der Waals surface area contributed by atoms with Crippen molar-refractivity contribution in [1.82, 2.24) is 9.88 Å². The molecule has 1 N–H and O–H groups in total. The molecule has 6 heteroatoms. The van der Waals surface area contributed by atoms with Gasteiger partial charge in [-0.2, -0.15) is 0 Å². The van der Waals surface area contributed by atoms with Gasteiger partial charge in [-0.05, 0) is 53.1 Å². The zero-order valence-corrected chi connectivity index (χ0v) is 15.6. The number of thiophene rings is 2. The monoisotopic (exact) mass is 384 g/mol. The van der Waals surface area contributed by atoms with Crippen LogP contribution in [0.2, 0.25) is 0 Å². The lowest BCUT2D eigenvalue weighted by molar-refractivity contribution is 0.0946. The van der Waals surface area contributed by atoms with E-state index in [0.29, 0.717) is 18.8 Å². The van der Waals surface area contributed by atoms with Gasteiger partial charge >= 0.3 is 0 Å². The van der Waals surface area contributed by atoms with Crippen LogP contribution in [-0.2, 0) is 13.0 Å². The van der Waals surface area contributed by atoms with E-state index in [9.17, 15) is 9.18 Å². The zero-order chi connectivity index (χ0) is 17.9. The van der Waals surface area contributed by atoms with Gasteiger partial charge in [-0.15, -0.1) is 22.7 Å². The molecule has 0 fully saturated rings. The van der Waals surface area contributed by atoms with Crippen molar-refractivity contribution in [2.75, 3.05) is 6.54 Å². The number of amides is 1. The molecule has 3 heterocycles. The number of nitrogens with zero attached hydrogens (tertiary/aromatic N) is 1. The number of rotatable bonds is 6. The van der Waals surface area contributed by atoms with Crippen molar-refractivity contribution >= 4 is 38.8 Å². The lowest BCUT2D eigenvalue weighted by Gasteiger charge is -2.11. The summed E-state index contributed by atoms with van der Waals surface area (Å²) in [5.74, 6) is -0.362. The predicted molar refractivity (Wildman–Crippen MR) is 106 cm³/mol. The molecule has 0 spiro atoms. The molecule has 3 aromatic heterocycles. The third kappa shape index (κ3) is 3.57. The van der Waals surface area contributed by atoms with E-state index < -0.39 is 0 Å². The number of carbonyl (C=O) groups is 1. The molecule has 4 rings (SSSR count). The van der Waals surface area contributed by atoms with Crippen LogP contribution in [-0.4, -0.2) is 17.0 Å². The highest BCUT2D eigenvalue weighted by atomic mass is 32.1. The molecule has 26 heavy (non-hydrogen) atoms. The molecular weight excluding hydrogens is 367 g/mol. The van der Waals surface area contributed by atoms with E-state index in [2.05, 4.69) is 11.4 Å². The van der Waals surface area contributed by atoms with Crippen molar-refractivity contribution in [2.45, 2.75) is 13.0 Å². The molecule has 0 saturated heterocycles. The van der Waals surface area contributed by atoms with Crippen molar-refractivity contribution in [1.29, 1.82) is 0 Å². The van der Waals surface area contributed by atoms with Crippen LogP contribution in [0.15, 0.2) is 59.3 Å². The van der Waals surface area contributed by atoms with Crippen molar-refractivity contribution < 1.29 is 9.18 Å². The minimum absolute atomic E-state index is 0.0960. The highest BCUT2D eigenvalue weighted by molar-refractivity contribution is 7.17. The van der Waals surface area contributed by atoms with Crippen molar-refractivity contribution in [3.8, 4) is 0 Å².